The van der Waals surface area contributed by atoms with Crippen LogP contribution < -0.4 is 5.56 Å². The first kappa shape index (κ1) is 24.1. The summed E-state index contributed by atoms with van der Waals surface area (Å²) in [4.78, 5) is 35.1. The summed E-state index contributed by atoms with van der Waals surface area (Å²) in [6.45, 7) is 2.75. The van der Waals surface area contributed by atoms with Gasteiger partial charge in [0.15, 0.2) is 0 Å². The first-order chi connectivity index (χ1) is 18.0. The number of carbonyl (C=O) groups excluding carboxylic acids is 1. The van der Waals surface area contributed by atoms with Crippen molar-refractivity contribution in [2.75, 3.05) is 32.8 Å². The van der Waals surface area contributed by atoms with Crippen molar-refractivity contribution in [1.82, 2.24) is 19.4 Å². The average Bonchev–Trinajstić information content (AvgIpc) is 3.42. The molecular formula is C29H34N4O4. The van der Waals surface area contributed by atoms with Crippen LogP contribution in [0.2, 0.25) is 0 Å². The molecule has 6 rings (SSSR count). The summed E-state index contributed by atoms with van der Waals surface area (Å²) in [5.41, 5.74) is -0.558. The third-order valence-corrected chi connectivity index (χ3v) is 8.88. The quantitative estimate of drug-likeness (QED) is 0.592. The molecule has 1 aliphatic carbocycles. The molecule has 2 aliphatic heterocycles. The van der Waals surface area contributed by atoms with Crippen molar-refractivity contribution in [2.45, 2.75) is 50.3 Å². The first-order valence-corrected chi connectivity index (χ1v) is 13.3. The van der Waals surface area contributed by atoms with E-state index in [1.807, 2.05) is 52.3 Å². The maximum absolute atomic E-state index is 13.9. The van der Waals surface area contributed by atoms with Crippen LogP contribution in [-0.2, 0) is 11.3 Å². The van der Waals surface area contributed by atoms with E-state index >= 15 is 0 Å². The normalized spacial score (nSPS) is 25.6. The molecule has 2 saturated heterocycles. The molecule has 1 saturated carbocycles. The number of hydrogen-bond acceptors (Lipinski definition) is 5. The zero-order valence-corrected chi connectivity index (χ0v) is 21.1. The van der Waals surface area contributed by atoms with E-state index in [1.165, 1.54) is 0 Å². The van der Waals surface area contributed by atoms with Gasteiger partial charge in [-0.25, -0.2) is 4.79 Å². The fraction of sp³-hybridized carbons (Fsp3) is 0.483. The van der Waals surface area contributed by atoms with Crippen molar-refractivity contribution >= 4 is 16.8 Å². The zero-order chi connectivity index (χ0) is 25.5. The number of piperidine rings is 1. The van der Waals surface area contributed by atoms with Crippen LogP contribution in [0.1, 0.15) is 43.7 Å². The topological polar surface area (TPSA) is 87.9 Å². The number of aliphatic hydroxyl groups is 1. The number of morpholine rings is 1. The molecule has 8 heteroatoms. The minimum Gasteiger partial charge on any atom is -0.387 e. The minimum atomic E-state index is -1.07. The molecule has 2 aromatic heterocycles. The molecule has 194 valence electrons. The Hall–Kier alpha value is -3.23. The Bertz CT molecular complexity index is 1340. The molecule has 1 unspecified atom stereocenters. The van der Waals surface area contributed by atoms with Crippen LogP contribution in [0.25, 0.3) is 10.8 Å². The molecule has 4 heterocycles. The SMILES string of the molecule is O=C(N1CCC(O)(Cn2ccc3ccncc3c2=O)C2(CCCC2)C1)N1CCOC[C@H]1c1ccccc1. The van der Waals surface area contributed by atoms with E-state index in [0.29, 0.717) is 44.7 Å². The third-order valence-electron chi connectivity index (χ3n) is 8.88. The minimum absolute atomic E-state index is 0.0134. The van der Waals surface area contributed by atoms with Gasteiger partial charge in [0.05, 0.1) is 36.8 Å². The molecule has 1 aromatic carbocycles. The van der Waals surface area contributed by atoms with Crippen molar-refractivity contribution in [1.29, 1.82) is 0 Å². The number of pyridine rings is 2. The number of carbonyl (C=O) groups is 1. The molecule has 1 spiro atoms. The second-order valence-corrected chi connectivity index (χ2v) is 10.9. The number of nitrogens with zero attached hydrogens (tertiary/aromatic N) is 4. The van der Waals surface area contributed by atoms with Crippen LogP contribution in [0.5, 0.6) is 0 Å². The number of likely N-dealkylation sites (tertiary alicyclic amines) is 1. The van der Waals surface area contributed by atoms with E-state index in [1.54, 1.807) is 23.2 Å². The summed E-state index contributed by atoms with van der Waals surface area (Å²) >= 11 is 0. The molecule has 0 radical (unpaired) electrons. The third kappa shape index (κ3) is 4.22. The van der Waals surface area contributed by atoms with E-state index in [9.17, 15) is 14.7 Å². The summed E-state index contributed by atoms with van der Waals surface area (Å²) < 4.78 is 7.38. The zero-order valence-electron chi connectivity index (χ0n) is 21.1. The number of rotatable bonds is 3. The lowest BCUT2D eigenvalue weighted by Gasteiger charge is -2.53. The highest BCUT2D eigenvalue weighted by Crippen LogP contribution is 2.51. The summed E-state index contributed by atoms with van der Waals surface area (Å²) in [5, 5.41) is 13.6. The van der Waals surface area contributed by atoms with Crippen molar-refractivity contribution < 1.29 is 14.6 Å². The Kier molecular flexibility index (Phi) is 6.24. The lowest BCUT2D eigenvalue weighted by Crippen LogP contribution is -2.64. The van der Waals surface area contributed by atoms with Crippen LogP contribution in [0.4, 0.5) is 4.79 Å². The van der Waals surface area contributed by atoms with E-state index in [4.69, 9.17) is 4.74 Å². The smallest absolute Gasteiger partial charge is 0.320 e. The summed E-state index contributed by atoms with van der Waals surface area (Å²) in [6, 6.07) is 13.7. The highest BCUT2D eigenvalue weighted by molar-refractivity contribution is 5.80. The molecule has 8 nitrogen and oxygen atoms in total. The summed E-state index contributed by atoms with van der Waals surface area (Å²) in [7, 11) is 0. The summed E-state index contributed by atoms with van der Waals surface area (Å²) in [6.07, 6.45) is 9.23. The van der Waals surface area contributed by atoms with Gasteiger partial charge in [-0.05, 0) is 42.3 Å². The number of urea groups is 1. The molecule has 3 aliphatic rings. The van der Waals surface area contributed by atoms with Gasteiger partial charge in [0.2, 0.25) is 0 Å². The van der Waals surface area contributed by atoms with Gasteiger partial charge in [0.1, 0.15) is 0 Å². The predicted octanol–water partition coefficient (Wildman–Crippen LogP) is 3.59. The van der Waals surface area contributed by atoms with Gasteiger partial charge >= 0.3 is 6.03 Å². The molecule has 2 atom stereocenters. The van der Waals surface area contributed by atoms with Crippen LogP contribution in [0.3, 0.4) is 0 Å². The molecule has 1 N–H and O–H groups in total. The molecular weight excluding hydrogens is 468 g/mol. The van der Waals surface area contributed by atoms with Crippen LogP contribution in [0.15, 0.2) is 65.8 Å². The van der Waals surface area contributed by atoms with Gasteiger partial charge in [0.25, 0.3) is 5.56 Å². The van der Waals surface area contributed by atoms with Gasteiger partial charge < -0.3 is 24.2 Å². The maximum atomic E-state index is 13.9. The Balaban J connectivity index is 1.26. The monoisotopic (exact) mass is 502 g/mol. The Morgan fingerprint density at radius 3 is 2.70 bits per heavy atom. The van der Waals surface area contributed by atoms with Gasteiger partial charge in [-0.2, -0.15) is 0 Å². The Labute approximate surface area is 216 Å². The highest BCUT2D eigenvalue weighted by Gasteiger charge is 2.56. The van der Waals surface area contributed by atoms with Gasteiger partial charge in [0, 0.05) is 43.6 Å². The Morgan fingerprint density at radius 2 is 1.89 bits per heavy atom. The van der Waals surface area contributed by atoms with Gasteiger partial charge in [-0.15, -0.1) is 0 Å². The fourth-order valence-electron chi connectivity index (χ4n) is 6.76. The fourth-order valence-corrected chi connectivity index (χ4v) is 6.76. The average molecular weight is 503 g/mol. The standard InChI is InChI=1S/C29H34N4O4/c34-26-24-18-30-13-8-22(24)9-14-31(26)21-29(36)12-15-32(20-28(29)10-4-5-11-28)27(35)33-16-17-37-19-25(33)23-6-2-1-3-7-23/h1-3,6-9,13-14,18,25,36H,4-5,10-12,15-17,19-21H2/t25-,29?/m0/s1. The molecule has 3 fully saturated rings. The van der Waals surface area contributed by atoms with E-state index < -0.39 is 11.0 Å². The van der Waals surface area contributed by atoms with Crippen molar-refractivity contribution in [3.05, 3.63) is 77.0 Å². The molecule has 0 bridgehead atoms. The Morgan fingerprint density at radius 1 is 1.08 bits per heavy atom. The second kappa shape index (κ2) is 9.58. The van der Waals surface area contributed by atoms with E-state index in [2.05, 4.69) is 4.98 Å². The second-order valence-electron chi connectivity index (χ2n) is 10.9. The molecule has 3 aromatic rings. The predicted molar refractivity (Wildman–Crippen MR) is 140 cm³/mol. The molecule has 37 heavy (non-hydrogen) atoms. The van der Waals surface area contributed by atoms with Crippen LogP contribution in [0, 0.1) is 5.41 Å². The van der Waals surface area contributed by atoms with Crippen molar-refractivity contribution in [2.24, 2.45) is 5.41 Å². The number of ether oxygens (including phenoxy) is 1. The number of fused-ring (bicyclic) bond motifs is 1. The first-order valence-electron chi connectivity index (χ1n) is 13.3. The lowest BCUT2D eigenvalue weighted by molar-refractivity contribution is -0.137. The van der Waals surface area contributed by atoms with Crippen LogP contribution >= 0.6 is 0 Å². The highest BCUT2D eigenvalue weighted by atomic mass is 16.5. The van der Waals surface area contributed by atoms with E-state index in [-0.39, 0.29) is 24.2 Å². The van der Waals surface area contributed by atoms with Crippen LogP contribution in [-0.4, -0.2) is 68.9 Å². The number of benzene rings is 1. The number of amides is 2. The number of aromatic nitrogens is 2. The largest absolute Gasteiger partial charge is 0.387 e. The lowest BCUT2D eigenvalue weighted by atomic mass is 9.66. The van der Waals surface area contributed by atoms with E-state index in [0.717, 1.165) is 36.6 Å². The van der Waals surface area contributed by atoms with Gasteiger partial charge in [-0.3, -0.25) is 9.78 Å². The van der Waals surface area contributed by atoms with Gasteiger partial charge in [-0.1, -0.05) is 43.2 Å². The number of hydrogen-bond donors (Lipinski definition) is 1. The maximum Gasteiger partial charge on any atom is 0.320 e. The van der Waals surface area contributed by atoms with Crippen molar-refractivity contribution in [3.8, 4) is 0 Å². The van der Waals surface area contributed by atoms with Crippen molar-refractivity contribution in [3.63, 3.8) is 0 Å². The summed E-state index contributed by atoms with van der Waals surface area (Å²) in [5.74, 6) is 0. The molecule has 2 amide bonds.